The predicted octanol–water partition coefficient (Wildman–Crippen LogP) is 2.32. The van der Waals surface area contributed by atoms with Crippen molar-refractivity contribution in [3.05, 3.63) is 44.6 Å². The van der Waals surface area contributed by atoms with E-state index in [2.05, 4.69) is 9.72 Å². The normalized spacial score (nSPS) is 10.4. The molecule has 0 radical (unpaired) electrons. The highest BCUT2D eigenvalue weighted by atomic mass is 32.2. The molecule has 1 aromatic heterocycles. The van der Waals surface area contributed by atoms with Crippen LogP contribution in [0.15, 0.2) is 29.3 Å². The van der Waals surface area contributed by atoms with Crippen LogP contribution in [0.25, 0.3) is 10.9 Å². The fraction of sp³-hybridized carbons (Fsp3) is 0.167. The number of hydrogen-bond acceptors (Lipinski definition) is 8. The van der Waals surface area contributed by atoms with Crippen molar-refractivity contribution >= 4 is 40.0 Å². The van der Waals surface area contributed by atoms with E-state index < -0.39 is 27.2 Å². The van der Waals surface area contributed by atoms with Crippen LogP contribution >= 0.6 is 11.8 Å². The van der Waals surface area contributed by atoms with E-state index in [4.69, 9.17) is 0 Å². The van der Waals surface area contributed by atoms with Crippen molar-refractivity contribution in [1.82, 2.24) is 4.98 Å². The first kappa shape index (κ1) is 15.6. The Kier molecular flexibility index (Phi) is 4.51. The first-order valence-electron chi connectivity index (χ1n) is 5.85. The third kappa shape index (κ3) is 2.96. The first-order chi connectivity index (χ1) is 10.5. The van der Waals surface area contributed by atoms with Gasteiger partial charge in [-0.2, -0.15) is 0 Å². The van der Waals surface area contributed by atoms with Gasteiger partial charge in [-0.25, -0.2) is 0 Å². The molecule has 0 aliphatic heterocycles. The van der Waals surface area contributed by atoms with Crippen LogP contribution in [-0.2, 0) is 9.53 Å². The number of thioether (sulfide) groups is 1. The third-order valence-electron chi connectivity index (χ3n) is 2.76. The largest absolute Gasteiger partial charge is 0.468 e. The van der Waals surface area contributed by atoms with Gasteiger partial charge in [0.2, 0.25) is 0 Å². The Morgan fingerprint density at radius 3 is 2.59 bits per heavy atom. The van der Waals surface area contributed by atoms with Crippen LogP contribution in [0.4, 0.5) is 11.4 Å². The van der Waals surface area contributed by atoms with E-state index in [-0.39, 0.29) is 21.6 Å². The number of fused-ring (bicyclic) bond motifs is 1. The smallest absolute Gasteiger partial charge is 0.315 e. The van der Waals surface area contributed by atoms with Crippen LogP contribution in [0.1, 0.15) is 0 Å². The molecule has 0 unspecified atom stereocenters. The number of esters is 1. The molecular formula is C12H9N3O6S. The molecule has 114 valence electrons. The van der Waals surface area contributed by atoms with Crippen LogP contribution in [0, 0.1) is 20.2 Å². The van der Waals surface area contributed by atoms with Gasteiger partial charge in [-0.3, -0.25) is 30.0 Å². The SMILES string of the molecule is COC(=O)CSc1c([N+](=O)[O-])cc([N+](=O)[O-])c2cccnc12. The fourth-order valence-corrected chi connectivity index (χ4v) is 2.77. The molecule has 0 aliphatic carbocycles. The number of aromatic nitrogens is 1. The summed E-state index contributed by atoms with van der Waals surface area (Å²) in [6.45, 7) is 0. The maximum Gasteiger partial charge on any atom is 0.315 e. The van der Waals surface area contributed by atoms with Gasteiger partial charge in [-0.1, -0.05) is 0 Å². The summed E-state index contributed by atoms with van der Waals surface area (Å²) in [5, 5.41) is 22.4. The molecule has 9 nitrogen and oxygen atoms in total. The van der Waals surface area contributed by atoms with Crippen molar-refractivity contribution < 1.29 is 19.4 Å². The monoisotopic (exact) mass is 323 g/mol. The van der Waals surface area contributed by atoms with E-state index in [0.717, 1.165) is 17.8 Å². The second-order valence-corrected chi connectivity index (χ2v) is 5.01. The van der Waals surface area contributed by atoms with Crippen molar-refractivity contribution in [1.29, 1.82) is 0 Å². The van der Waals surface area contributed by atoms with Gasteiger partial charge in [0.05, 0.1) is 39.7 Å². The van der Waals surface area contributed by atoms with Gasteiger partial charge in [-0.05, 0) is 12.1 Å². The number of nitro benzene ring substituents is 2. The van der Waals surface area contributed by atoms with Gasteiger partial charge >= 0.3 is 5.97 Å². The first-order valence-corrected chi connectivity index (χ1v) is 6.84. The molecule has 2 aromatic rings. The molecule has 0 saturated carbocycles. The Labute approximate surface area is 127 Å². The standard InChI is InChI=1S/C12H9N3O6S/c1-21-10(16)6-22-12-9(15(19)20)5-8(14(17)18)7-3-2-4-13-11(7)12/h2-5H,6H2,1H3. The summed E-state index contributed by atoms with van der Waals surface area (Å²) in [5.74, 6) is -0.734. The number of methoxy groups -OCH3 is 1. The number of ether oxygens (including phenoxy) is 1. The highest BCUT2D eigenvalue weighted by Crippen LogP contribution is 2.40. The van der Waals surface area contributed by atoms with Crippen molar-refractivity contribution in [3.63, 3.8) is 0 Å². The minimum atomic E-state index is -0.735. The number of nitro groups is 2. The molecule has 22 heavy (non-hydrogen) atoms. The number of nitrogens with zero attached hydrogens (tertiary/aromatic N) is 3. The lowest BCUT2D eigenvalue weighted by atomic mass is 10.1. The Hall–Kier alpha value is -2.75. The van der Waals surface area contributed by atoms with Crippen molar-refractivity contribution in [2.45, 2.75) is 4.90 Å². The molecule has 0 spiro atoms. The molecule has 10 heteroatoms. The third-order valence-corrected chi connectivity index (χ3v) is 3.83. The molecule has 0 bridgehead atoms. The van der Waals surface area contributed by atoms with E-state index in [1.165, 1.54) is 25.4 Å². The Morgan fingerprint density at radius 2 is 2.00 bits per heavy atom. The summed E-state index contributed by atoms with van der Waals surface area (Å²) >= 11 is 0.857. The summed E-state index contributed by atoms with van der Waals surface area (Å²) in [6, 6.07) is 3.83. The van der Waals surface area contributed by atoms with Crippen LogP contribution in [0.2, 0.25) is 0 Å². The van der Waals surface area contributed by atoms with Crippen molar-refractivity contribution in [2.24, 2.45) is 0 Å². The molecule has 0 aliphatic rings. The van der Waals surface area contributed by atoms with Crippen LogP contribution in [0.3, 0.4) is 0 Å². The summed E-state index contributed by atoms with van der Waals surface area (Å²) < 4.78 is 4.49. The van der Waals surface area contributed by atoms with Gasteiger partial charge in [0.1, 0.15) is 4.90 Å². The highest BCUT2D eigenvalue weighted by Gasteiger charge is 2.27. The molecule has 0 atom stereocenters. The second-order valence-electron chi connectivity index (χ2n) is 4.02. The summed E-state index contributed by atoms with van der Waals surface area (Å²) in [5.41, 5.74) is -0.763. The van der Waals surface area contributed by atoms with Gasteiger partial charge in [0.15, 0.2) is 0 Å². The fourth-order valence-electron chi connectivity index (χ4n) is 1.81. The zero-order chi connectivity index (χ0) is 16.3. The molecule has 0 N–H and O–H groups in total. The van der Waals surface area contributed by atoms with Crippen LogP contribution in [-0.4, -0.2) is 33.7 Å². The average Bonchev–Trinajstić information content (AvgIpc) is 2.51. The highest BCUT2D eigenvalue weighted by molar-refractivity contribution is 8.00. The minimum Gasteiger partial charge on any atom is -0.468 e. The van der Waals surface area contributed by atoms with Crippen LogP contribution < -0.4 is 0 Å². The maximum atomic E-state index is 11.2. The zero-order valence-electron chi connectivity index (χ0n) is 11.2. The molecule has 1 aromatic carbocycles. The molecule has 0 fully saturated rings. The summed E-state index contributed by atoms with van der Waals surface area (Å²) in [6.07, 6.45) is 1.37. The number of benzene rings is 1. The predicted molar refractivity (Wildman–Crippen MR) is 77.8 cm³/mol. The van der Waals surface area contributed by atoms with Gasteiger partial charge in [0, 0.05) is 6.20 Å². The average molecular weight is 323 g/mol. The quantitative estimate of drug-likeness (QED) is 0.355. The number of rotatable bonds is 5. The van der Waals surface area contributed by atoms with Gasteiger partial charge in [0.25, 0.3) is 11.4 Å². The van der Waals surface area contributed by atoms with E-state index in [0.29, 0.717) is 0 Å². The summed E-state index contributed by atoms with van der Waals surface area (Å²) in [4.78, 5) is 36.1. The second kappa shape index (κ2) is 6.35. The number of hydrogen-bond donors (Lipinski definition) is 0. The summed E-state index contributed by atoms with van der Waals surface area (Å²) in [7, 11) is 1.20. The lowest BCUT2D eigenvalue weighted by Gasteiger charge is -2.06. The van der Waals surface area contributed by atoms with Gasteiger partial charge in [-0.15, -0.1) is 11.8 Å². The lowest BCUT2D eigenvalue weighted by molar-refractivity contribution is -0.394. The van der Waals surface area contributed by atoms with Gasteiger partial charge < -0.3 is 4.74 Å². The Balaban J connectivity index is 2.69. The molecule has 0 amide bonds. The number of pyridine rings is 1. The lowest BCUT2D eigenvalue weighted by Crippen LogP contribution is -2.04. The van der Waals surface area contributed by atoms with E-state index >= 15 is 0 Å². The van der Waals surface area contributed by atoms with E-state index in [1.54, 1.807) is 0 Å². The van der Waals surface area contributed by atoms with Crippen molar-refractivity contribution in [2.75, 3.05) is 12.9 Å². The zero-order valence-corrected chi connectivity index (χ0v) is 12.0. The Bertz CT molecular complexity index is 779. The number of carbonyl (C=O) groups is 1. The number of carbonyl (C=O) groups excluding carboxylic acids is 1. The molecule has 1 heterocycles. The van der Waals surface area contributed by atoms with E-state index in [1.807, 2.05) is 0 Å². The van der Waals surface area contributed by atoms with Crippen molar-refractivity contribution in [3.8, 4) is 0 Å². The Morgan fingerprint density at radius 1 is 1.32 bits per heavy atom. The molecule has 2 rings (SSSR count). The minimum absolute atomic E-state index is 0.0941. The van der Waals surface area contributed by atoms with E-state index in [9.17, 15) is 25.0 Å². The molecule has 0 saturated heterocycles. The molecular weight excluding hydrogens is 314 g/mol. The maximum absolute atomic E-state index is 11.2. The van der Waals surface area contributed by atoms with Crippen LogP contribution in [0.5, 0.6) is 0 Å². The number of non-ortho nitro benzene ring substituents is 1. The topological polar surface area (TPSA) is 125 Å².